The summed E-state index contributed by atoms with van der Waals surface area (Å²) in [5, 5.41) is 24.2. The van der Waals surface area contributed by atoms with E-state index >= 15 is 0 Å². The summed E-state index contributed by atoms with van der Waals surface area (Å²) < 4.78 is 23.4. The maximum atomic E-state index is 14.1. The fourth-order valence-corrected chi connectivity index (χ4v) is 7.82. The Morgan fingerprint density at radius 1 is 0.941 bits per heavy atom. The lowest BCUT2D eigenvalue weighted by atomic mass is 10.0. The van der Waals surface area contributed by atoms with E-state index in [1.54, 1.807) is 47.7 Å². The summed E-state index contributed by atoms with van der Waals surface area (Å²) in [5.41, 5.74) is 6.63. The number of phosphoric acid groups is 1. The van der Waals surface area contributed by atoms with Crippen molar-refractivity contribution >= 4 is 49.5 Å². The number of unbranched alkanes of at least 4 members (excludes halogenated alkanes) is 3. The van der Waals surface area contributed by atoms with Gasteiger partial charge in [-0.1, -0.05) is 37.6 Å². The molecule has 0 radical (unpaired) electrons. The first kappa shape index (κ1) is 54.3. The summed E-state index contributed by atoms with van der Waals surface area (Å²) >= 11 is 0. The van der Waals surface area contributed by atoms with Gasteiger partial charge in [0.2, 0.25) is 35.4 Å². The highest BCUT2D eigenvalue weighted by molar-refractivity contribution is 7.46. The van der Waals surface area contributed by atoms with Gasteiger partial charge in [0.1, 0.15) is 42.6 Å². The number of carbonyl (C=O) groups excluding carboxylic acids is 6. The number of ether oxygens (including phenoxy) is 1. The molecule has 3 heterocycles. The van der Waals surface area contributed by atoms with E-state index in [2.05, 4.69) is 45.9 Å². The molecular formula is C43H62N11O13P. The van der Waals surface area contributed by atoms with Gasteiger partial charge in [-0.3, -0.25) is 33.3 Å². The van der Waals surface area contributed by atoms with Crippen LogP contribution >= 0.6 is 7.82 Å². The van der Waals surface area contributed by atoms with E-state index in [9.17, 15) is 48.2 Å². The van der Waals surface area contributed by atoms with Crippen molar-refractivity contribution in [2.24, 2.45) is 16.8 Å². The zero-order valence-electron chi connectivity index (χ0n) is 38.4. The van der Waals surface area contributed by atoms with Gasteiger partial charge in [-0.25, -0.2) is 19.5 Å². The Morgan fingerprint density at radius 3 is 2.31 bits per heavy atom. The minimum absolute atomic E-state index is 0.107. The molecule has 4 rings (SSSR count). The van der Waals surface area contributed by atoms with Crippen molar-refractivity contribution in [3.8, 4) is 11.8 Å². The SMILES string of the molecule is CC(=O)N1CCC[C@H]1C(=O)N[C@@H](CC(C)C)C(=O)N[C@@H](Cc1cncn1CCCCCCO/N=C/c1cccc(Oc2ncccn2)c1)C(=O)N[C@@H](CO)C(=O)N[C@H](C(N)=O)[C@@H](C)OP(=O)(O)O. The van der Waals surface area contributed by atoms with Crippen molar-refractivity contribution in [2.45, 2.75) is 122 Å². The number of primary amides is 1. The Labute approximate surface area is 393 Å². The van der Waals surface area contributed by atoms with Gasteiger partial charge in [-0.15, -0.1) is 0 Å². The molecule has 25 heteroatoms. The monoisotopic (exact) mass is 971 g/mol. The fraction of sp³-hybridized carbons (Fsp3) is 0.535. The second-order valence-electron chi connectivity index (χ2n) is 16.5. The van der Waals surface area contributed by atoms with Crippen LogP contribution in [0.2, 0.25) is 0 Å². The number of aliphatic hydroxyl groups is 1. The van der Waals surface area contributed by atoms with E-state index < -0.39 is 80.3 Å². The third-order valence-corrected chi connectivity index (χ3v) is 11.2. The highest BCUT2D eigenvalue weighted by atomic mass is 31.2. The molecule has 6 atom stereocenters. The molecule has 6 amide bonds. The van der Waals surface area contributed by atoms with Gasteiger partial charge < -0.3 is 60.9 Å². The molecule has 0 saturated carbocycles. The van der Waals surface area contributed by atoms with Crippen LogP contribution in [0.4, 0.5) is 0 Å². The number of phosphoric ester groups is 1. The average molecular weight is 972 g/mol. The molecule has 24 nitrogen and oxygen atoms in total. The number of benzene rings is 1. The third-order valence-electron chi connectivity index (χ3n) is 10.6. The van der Waals surface area contributed by atoms with Crippen LogP contribution in [0, 0.1) is 5.92 Å². The Bertz CT molecular complexity index is 2230. The van der Waals surface area contributed by atoms with Gasteiger partial charge in [0.15, 0.2) is 0 Å². The standard InChI is InChI=1S/C43H62N11O13P/c1-27(2)20-33(50-42(61)36-14-10-18-54(36)29(4)56)39(58)49-34(40(59)51-35(25-55)41(60)52-37(38(44)57)28(3)67-68(62,63)64)22-31-24-45-26-53(31)17-7-5-6-8-19-65-48-23-30-12-9-13-32(21-30)66-43-46-15-11-16-47-43/h9,11-13,15-16,21,23-24,26-28,33-37,55H,5-8,10,14,17-20,22,25H2,1-4H3,(H2,44,57)(H,49,58)(H,50,61)(H,51,59)(H,52,60)(H2,62,63,64)/b48-23+/t28-,33+,34+,35+,36+,37+/m1/s1. The molecule has 1 saturated heterocycles. The largest absolute Gasteiger partial charge is 0.469 e. The van der Waals surface area contributed by atoms with E-state index in [1.165, 1.54) is 18.0 Å². The number of oxime groups is 1. The van der Waals surface area contributed by atoms with Gasteiger partial charge in [-0.05, 0) is 75.1 Å². The van der Waals surface area contributed by atoms with Crippen LogP contribution in [0.25, 0.3) is 0 Å². The zero-order chi connectivity index (χ0) is 49.8. The molecule has 0 aliphatic carbocycles. The first-order valence-corrected chi connectivity index (χ1v) is 23.7. The van der Waals surface area contributed by atoms with E-state index in [1.807, 2.05) is 26.0 Å². The fourth-order valence-electron chi connectivity index (χ4n) is 7.27. The summed E-state index contributed by atoms with van der Waals surface area (Å²) in [4.78, 5) is 117. The van der Waals surface area contributed by atoms with Crippen LogP contribution in [0.15, 0.2) is 60.4 Å². The predicted molar refractivity (Wildman–Crippen MR) is 243 cm³/mol. The topological polar surface area (TPSA) is 341 Å². The van der Waals surface area contributed by atoms with Gasteiger partial charge in [-0.2, -0.15) is 0 Å². The third kappa shape index (κ3) is 18.1. The first-order valence-electron chi connectivity index (χ1n) is 22.2. The van der Waals surface area contributed by atoms with E-state index in [-0.39, 0.29) is 30.7 Å². The quantitative estimate of drug-likeness (QED) is 0.0214. The number of nitrogens with two attached hydrogens (primary N) is 1. The number of aromatic nitrogens is 4. The van der Waals surface area contributed by atoms with Crippen molar-refractivity contribution in [3.63, 3.8) is 0 Å². The lowest BCUT2D eigenvalue weighted by Gasteiger charge is -2.28. The van der Waals surface area contributed by atoms with Crippen molar-refractivity contribution < 1.29 is 62.3 Å². The summed E-state index contributed by atoms with van der Waals surface area (Å²) in [5.74, 6) is -4.45. The lowest BCUT2D eigenvalue weighted by Crippen LogP contribution is -2.61. The maximum absolute atomic E-state index is 14.1. The Morgan fingerprint density at radius 2 is 1.63 bits per heavy atom. The number of likely N-dealkylation sites (tertiary alicyclic amines) is 1. The zero-order valence-corrected chi connectivity index (χ0v) is 39.3. The maximum Gasteiger partial charge on any atom is 0.469 e. The van der Waals surface area contributed by atoms with Gasteiger partial charge in [0.25, 0.3) is 0 Å². The first-order chi connectivity index (χ1) is 32.3. The lowest BCUT2D eigenvalue weighted by molar-refractivity contribution is -0.139. The molecule has 0 spiro atoms. The highest BCUT2D eigenvalue weighted by Gasteiger charge is 2.37. The van der Waals surface area contributed by atoms with Crippen molar-refractivity contribution in [1.29, 1.82) is 0 Å². The number of aliphatic hydroxyl groups excluding tert-OH is 1. The number of amides is 6. The smallest absolute Gasteiger partial charge is 0.424 e. The molecule has 3 aromatic rings. The van der Waals surface area contributed by atoms with Gasteiger partial charge in [0, 0.05) is 50.7 Å². The number of aryl methyl sites for hydroxylation is 1. The number of nitrogens with one attached hydrogen (secondary N) is 4. The highest BCUT2D eigenvalue weighted by Crippen LogP contribution is 2.38. The van der Waals surface area contributed by atoms with Crippen LogP contribution in [0.5, 0.6) is 11.8 Å². The van der Waals surface area contributed by atoms with Crippen molar-refractivity contribution in [2.75, 3.05) is 19.8 Å². The molecule has 1 aromatic carbocycles. The van der Waals surface area contributed by atoms with Crippen LogP contribution in [-0.4, -0.2) is 137 Å². The molecule has 1 fully saturated rings. The van der Waals surface area contributed by atoms with Crippen LogP contribution in [0.3, 0.4) is 0 Å². The van der Waals surface area contributed by atoms with E-state index in [0.29, 0.717) is 56.8 Å². The summed E-state index contributed by atoms with van der Waals surface area (Å²) in [7, 11) is -5.13. The summed E-state index contributed by atoms with van der Waals surface area (Å²) in [6.45, 7) is 6.34. The molecule has 2 aromatic heterocycles. The molecule has 372 valence electrons. The number of nitrogens with zero attached hydrogens (tertiary/aromatic N) is 6. The van der Waals surface area contributed by atoms with Crippen molar-refractivity contribution in [3.05, 3.63) is 66.5 Å². The number of imidazole rings is 1. The normalized spacial score (nSPS) is 16.1. The minimum Gasteiger partial charge on any atom is -0.424 e. The Balaban J connectivity index is 1.40. The summed E-state index contributed by atoms with van der Waals surface area (Å²) in [6.07, 6.45) is 10.2. The molecule has 1 aliphatic heterocycles. The number of carbonyl (C=O) groups is 6. The average Bonchev–Trinajstić information content (AvgIpc) is 3.96. The Kier molecular flexibility index (Phi) is 21.4. The number of hydrogen-bond acceptors (Lipinski definition) is 15. The van der Waals surface area contributed by atoms with Gasteiger partial charge in [0.05, 0.1) is 25.3 Å². The molecular weight excluding hydrogens is 910 g/mol. The minimum atomic E-state index is -5.13. The second-order valence-corrected chi connectivity index (χ2v) is 17.7. The van der Waals surface area contributed by atoms with E-state index in [0.717, 1.165) is 25.3 Å². The van der Waals surface area contributed by atoms with Crippen LogP contribution in [0.1, 0.15) is 83.9 Å². The van der Waals surface area contributed by atoms with Gasteiger partial charge >= 0.3 is 13.8 Å². The predicted octanol–water partition coefficient (Wildman–Crippen LogP) is 0.591. The molecule has 1 aliphatic rings. The molecule has 0 unspecified atom stereocenters. The second kappa shape index (κ2) is 26.9. The molecule has 0 bridgehead atoms. The van der Waals surface area contributed by atoms with Crippen LogP contribution < -0.4 is 31.7 Å². The summed E-state index contributed by atoms with van der Waals surface area (Å²) in [6, 6.07) is 2.22. The Hall–Kier alpha value is -6.33. The number of hydrogen-bond donors (Lipinski definition) is 8. The molecule has 68 heavy (non-hydrogen) atoms. The molecule has 9 N–H and O–H groups in total. The van der Waals surface area contributed by atoms with Crippen molar-refractivity contribution in [1.82, 2.24) is 45.7 Å². The number of rotatable bonds is 28. The van der Waals surface area contributed by atoms with Crippen LogP contribution in [-0.2, 0) is 55.7 Å². The van der Waals surface area contributed by atoms with E-state index in [4.69, 9.17) is 15.3 Å².